The van der Waals surface area contributed by atoms with Crippen molar-refractivity contribution in [2.45, 2.75) is 18.9 Å². The van der Waals surface area contributed by atoms with Crippen molar-refractivity contribution in [3.63, 3.8) is 0 Å². The predicted molar refractivity (Wildman–Crippen MR) is 45.4 cm³/mol. The highest BCUT2D eigenvalue weighted by molar-refractivity contribution is 4.88. The van der Waals surface area contributed by atoms with Crippen LogP contribution in [0.25, 0.3) is 0 Å². The first-order valence-corrected chi connectivity index (χ1v) is 3.82. The van der Waals surface area contributed by atoms with Crippen LogP contribution in [-0.2, 0) is 0 Å². The molecule has 0 rings (SSSR count). The quantitative estimate of drug-likeness (QED) is 0.474. The molecule has 0 aromatic carbocycles. The maximum atomic E-state index is 8.95. The molecule has 0 aromatic heterocycles. The minimum Gasteiger partial charge on any atom is -0.394 e. The Morgan fingerprint density at radius 2 is 2.00 bits per heavy atom. The summed E-state index contributed by atoms with van der Waals surface area (Å²) in [6.07, 6.45) is 2.41. The molecule has 0 saturated carbocycles. The van der Waals surface area contributed by atoms with E-state index in [9.17, 15) is 0 Å². The van der Waals surface area contributed by atoms with E-state index < -0.39 is 5.54 Å². The number of nitrogens with one attached hydrogen (secondary N) is 1. The molecule has 0 unspecified atom stereocenters. The second-order valence-electron chi connectivity index (χ2n) is 2.62. The molecule has 3 heteroatoms. The maximum Gasteiger partial charge on any atom is 0.0647 e. The summed E-state index contributed by atoms with van der Waals surface area (Å²) in [5.41, 5.74) is -0.534. The largest absolute Gasteiger partial charge is 0.394 e. The Morgan fingerprint density at radius 3 is 2.27 bits per heavy atom. The summed E-state index contributed by atoms with van der Waals surface area (Å²) < 4.78 is 0. The lowest BCUT2D eigenvalue weighted by Gasteiger charge is -2.29. The lowest BCUT2D eigenvalue weighted by Crippen LogP contribution is -2.51. The molecule has 0 bridgehead atoms. The summed E-state index contributed by atoms with van der Waals surface area (Å²) in [7, 11) is 0. The lowest BCUT2D eigenvalue weighted by molar-refractivity contribution is 0.0908. The number of aliphatic hydroxyl groups is 2. The van der Waals surface area contributed by atoms with Crippen LogP contribution in [0.2, 0.25) is 0 Å². The highest BCUT2D eigenvalue weighted by Gasteiger charge is 2.24. The highest BCUT2D eigenvalue weighted by atomic mass is 16.3. The van der Waals surface area contributed by atoms with Gasteiger partial charge in [0.2, 0.25) is 0 Å². The van der Waals surface area contributed by atoms with Gasteiger partial charge in [0.05, 0.1) is 18.8 Å². The topological polar surface area (TPSA) is 52.5 Å². The van der Waals surface area contributed by atoms with Crippen LogP contribution in [0.15, 0.2) is 12.7 Å². The number of aliphatic hydroxyl groups excluding tert-OH is 2. The Labute approximate surface area is 67.7 Å². The van der Waals surface area contributed by atoms with Crippen LogP contribution in [0.1, 0.15) is 13.3 Å². The van der Waals surface area contributed by atoms with Crippen LogP contribution >= 0.6 is 0 Å². The number of hydrogen-bond donors (Lipinski definition) is 3. The first-order chi connectivity index (χ1) is 5.24. The molecule has 0 radical (unpaired) electrons. The van der Waals surface area contributed by atoms with E-state index in [-0.39, 0.29) is 13.2 Å². The third kappa shape index (κ3) is 3.01. The normalized spacial score (nSPS) is 11.5. The molecule has 11 heavy (non-hydrogen) atoms. The molecule has 0 amide bonds. The van der Waals surface area contributed by atoms with Crippen molar-refractivity contribution >= 4 is 0 Å². The summed E-state index contributed by atoms with van der Waals surface area (Å²) in [4.78, 5) is 0. The van der Waals surface area contributed by atoms with Crippen LogP contribution in [0.5, 0.6) is 0 Å². The van der Waals surface area contributed by atoms with Gasteiger partial charge in [0.1, 0.15) is 0 Å². The lowest BCUT2D eigenvalue weighted by atomic mass is 9.99. The molecule has 0 aromatic rings. The van der Waals surface area contributed by atoms with E-state index in [1.807, 2.05) is 6.92 Å². The summed E-state index contributed by atoms with van der Waals surface area (Å²) in [6, 6.07) is 0. The van der Waals surface area contributed by atoms with E-state index in [2.05, 4.69) is 11.9 Å². The highest BCUT2D eigenvalue weighted by Crippen LogP contribution is 2.07. The van der Waals surface area contributed by atoms with Crippen molar-refractivity contribution < 1.29 is 10.2 Å². The minimum absolute atomic E-state index is 0.0478. The van der Waals surface area contributed by atoms with E-state index in [1.54, 1.807) is 6.08 Å². The molecule has 66 valence electrons. The van der Waals surface area contributed by atoms with Gasteiger partial charge in [-0.25, -0.2) is 0 Å². The zero-order chi connectivity index (χ0) is 8.74. The fourth-order valence-electron chi connectivity index (χ4n) is 0.799. The van der Waals surface area contributed by atoms with Crippen LogP contribution in [0.3, 0.4) is 0 Å². The van der Waals surface area contributed by atoms with Crippen LogP contribution in [-0.4, -0.2) is 35.5 Å². The van der Waals surface area contributed by atoms with Crippen molar-refractivity contribution in [3.8, 4) is 0 Å². The fourth-order valence-corrected chi connectivity index (χ4v) is 0.799. The second kappa shape index (κ2) is 5.29. The van der Waals surface area contributed by atoms with E-state index in [0.29, 0.717) is 13.0 Å². The molecular formula is C8H17NO2. The third-order valence-corrected chi connectivity index (χ3v) is 1.90. The van der Waals surface area contributed by atoms with Crippen LogP contribution in [0.4, 0.5) is 0 Å². The zero-order valence-corrected chi connectivity index (χ0v) is 7.01. The van der Waals surface area contributed by atoms with Gasteiger partial charge in [0.15, 0.2) is 0 Å². The van der Waals surface area contributed by atoms with Crippen molar-refractivity contribution in [3.05, 3.63) is 12.7 Å². The van der Waals surface area contributed by atoms with Crippen LogP contribution < -0.4 is 5.32 Å². The van der Waals surface area contributed by atoms with E-state index in [1.165, 1.54) is 0 Å². The molecule has 0 aliphatic carbocycles. The van der Waals surface area contributed by atoms with Gasteiger partial charge in [-0.1, -0.05) is 13.0 Å². The molecule has 0 saturated heterocycles. The summed E-state index contributed by atoms with van der Waals surface area (Å²) in [6.45, 7) is 5.97. The van der Waals surface area contributed by atoms with Gasteiger partial charge in [-0.05, 0) is 6.42 Å². The first-order valence-electron chi connectivity index (χ1n) is 3.82. The SMILES string of the molecule is C=CCNC(CC)(CO)CO. The molecule has 0 aliphatic rings. The van der Waals surface area contributed by atoms with Crippen molar-refractivity contribution in [2.24, 2.45) is 0 Å². The molecule has 3 N–H and O–H groups in total. The minimum atomic E-state index is -0.534. The molecule has 0 spiro atoms. The number of hydrogen-bond acceptors (Lipinski definition) is 3. The molecule has 0 aliphatic heterocycles. The van der Waals surface area contributed by atoms with Gasteiger partial charge in [0, 0.05) is 6.54 Å². The van der Waals surface area contributed by atoms with Crippen molar-refractivity contribution in [2.75, 3.05) is 19.8 Å². The molecule has 3 nitrogen and oxygen atoms in total. The molecular weight excluding hydrogens is 142 g/mol. The average Bonchev–Trinajstić information content (AvgIpc) is 2.08. The van der Waals surface area contributed by atoms with Crippen molar-refractivity contribution in [1.82, 2.24) is 5.32 Å². The van der Waals surface area contributed by atoms with E-state index in [0.717, 1.165) is 0 Å². The van der Waals surface area contributed by atoms with Gasteiger partial charge in [-0.2, -0.15) is 0 Å². The zero-order valence-electron chi connectivity index (χ0n) is 7.01. The Kier molecular flexibility index (Phi) is 5.11. The third-order valence-electron chi connectivity index (χ3n) is 1.90. The Morgan fingerprint density at radius 1 is 1.45 bits per heavy atom. The van der Waals surface area contributed by atoms with Crippen LogP contribution in [0, 0.1) is 0 Å². The monoisotopic (exact) mass is 159 g/mol. The maximum absolute atomic E-state index is 8.95. The van der Waals surface area contributed by atoms with E-state index >= 15 is 0 Å². The van der Waals surface area contributed by atoms with Gasteiger partial charge in [0.25, 0.3) is 0 Å². The molecule has 0 atom stereocenters. The standard InChI is InChI=1S/C8H17NO2/c1-3-5-9-8(4-2,6-10)7-11/h3,9-11H,1,4-7H2,2H3. The van der Waals surface area contributed by atoms with Gasteiger partial charge >= 0.3 is 0 Å². The smallest absolute Gasteiger partial charge is 0.0647 e. The van der Waals surface area contributed by atoms with Gasteiger partial charge < -0.3 is 15.5 Å². The second-order valence-corrected chi connectivity index (χ2v) is 2.62. The van der Waals surface area contributed by atoms with Gasteiger partial charge in [-0.15, -0.1) is 6.58 Å². The van der Waals surface area contributed by atoms with Crippen molar-refractivity contribution in [1.29, 1.82) is 0 Å². The average molecular weight is 159 g/mol. The molecule has 0 heterocycles. The predicted octanol–water partition coefficient (Wildman–Crippen LogP) is -0.105. The van der Waals surface area contributed by atoms with Gasteiger partial charge in [-0.3, -0.25) is 0 Å². The Bertz CT molecular complexity index is 102. The first kappa shape index (κ1) is 10.6. The summed E-state index contributed by atoms with van der Waals surface area (Å²) in [5.74, 6) is 0. The Hall–Kier alpha value is -0.380. The molecule has 0 fully saturated rings. The fraction of sp³-hybridized carbons (Fsp3) is 0.750. The summed E-state index contributed by atoms with van der Waals surface area (Å²) >= 11 is 0. The summed E-state index contributed by atoms with van der Waals surface area (Å²) in [5, 5.41) is 20.9. The number of rotatable bonds is 6. The van der Waals surface area contributed by atoms with E-state index in [4.69, 9.17) is 10.2 Å². The Balaban J connectivity index is 3.93.